The van der Waals surface area contributed by atoms with Gasteiger partial charge >= 0.3 is 0 Å². The summed E-state index contributed by atoms with van der Waals surface area (Å²) in [5, 5.41) is 3.24. The lowest BCUT2D eigenvalue weighted by Crippen LogP contribution is -2.51. The highest BCUT2D eigenvalue weighted by Crippen LogP contribution is 2.17. The van der Waals surface area contributed by atoms with E-state index in [0.717, 1.165) is 64.3 Å². The quantitative estimate of drug-likeness (QED) is 0.795. The Morgan fingerprint density at radius 2 is 1.53 bits per heavy atom. The van der Waals surface area contributed by atoms with Crippen molar-refractivity contribution >= 4 is 11.6 Å². The minimum Gasteiger partial charge on any atom is -0.369 e. The zero-order valence-electron chi connectivity index (χ0n) is 17.5. The average molecular weight is 411 g/mol. The Bertz CT molecular complexity index is 798. The van der Waals surface area contributed by atoms with E-state index in [2.05, 4.69) is 44.3 Å². The Labute approximate surface area is 178 Å². The van der Waals surface area contributed by atoms with Crippen LogP contribution in [0.1, 0.15) is 18.4 Å². The zero-order valence-corrected chi connectivity index (χ0v) is 17.5. The van der Waals surface area contributed by atoms with Gasteiger partial charge in [-0.25, -0.2) is 4.39 Å². The van der Waals surface area contributed by atoms with Crippen molar-refractivity contribution in [2.24, 2.45) is 0 Å². The molecule has 1 N–H and O–H groups in total. The topological polar surface area (TPSA) is 38.8 Å². The number of nitrogens with one attached hydrogen (secondary N) is 1. The molecule has 2 aliphatic heterocycles. The number of likely N-dealkylation sites (tertiary alicyclic amines) is 1. The van der Waals surface area contributed by atoms with Gasteiger partial charge in [0.15, 0.2) is 0 Å². The van der Waals surface area contributed by atoms with Gasteiger partial charge in [0, 0.05) is 57.5 Å². The summed E-state index contributed by atoms with van der Waals surface area (Å²) >= 11 is 0. The first-order valence-corrected chi connectivity index (χ1v) is 10.9. The van der Waals surface area contributed by atoms with Crippen molar-refractivity contribution in [3.05, 3.63) is 66.0 Å². The molecule has 2 aromatic rings. The minimum atomic E-state index is -0.208. The van der Waals surface area contributed by atoms with Crippen LogP contribution in [0.3, 0.4) is 0 Å². The van der Waals surface area contributed by atoms with Crippen LogP contribution in [-0.2, 0) is 11.3 Å². The third kappa shape index (κ3) is 5.80. The molecule has 0 aliphatic carbocycles. The first-order chi connectivity index (χ1) is 14.7. The van der Waals surface area contributed by atoms with Crippen molar-refractivity contribution in [3.63, 3.8) is 0 Å². The lowest BCUT2D eigenvalue weighted by molar-refractivity contribution is -0.123. The number of hydrogen-bond acceptors (Lipinski definition) is 4. The maximum absolute atomic E-state index is 13.1. The molecule has 2 fully saturated rings. The molecule has 4 rings (SSSR count). The second-order valence-electron chi connectivity index (χ2n) is 8.34. The highest BCUT2D eigenvalue weighted by atomic mass is 19.1. The third-order valence-electron chi connectivity index (χ3n) is 6.13. The highest BCUT2D eigenvalue weighted by molar-refractivity contribution is 5.78. The van der Waals surface area contributed by atoms with E-state index in [1.54, 1.807) is 0 Å². The van der Waals surface area contributed by atoms with Gasteiger partial charge in [-0.15, -0.1) is 0 Å². The van der Waals surface area contributed by atoms with E-state index >= 15 is 0 Å². The third-order valence-corrected chi connectivity index (χ3v) is 6.13. The molecule has 1 amide bonds. The van der Waals surface area contributed by atoms with E-state index < -0.39 is 0 Å². The fourth-order valence-corrected chi connectivity index (χ4v) is 4.37. The number of rotatable bonds is 6. The molecule has 2 aromatic carbocycles. The minimum absolute atomic E-state index is 0.131. The number of piperazine rings is 1. The molecule has 0 bridgehead atoms. The van der Waals surface area contributed by atoms with Crippen molar-refractivity contribution in [2.75, 3.05) is 50.7 Å². The molecule has 0 radical (unpaired) electrons. The summed E-state index contributed by atoms with van der Waals surface area (Å²) < 4.78 is 13.1. The van der Waals surface area contributed by atoms with Gasteiger partial charge < -0.3 is 10.2 Å². The number of anilines is 1. The molecule has 6 heteroatoms. The van der Waals surface area contributed by atoms with Crippen LogP contribution in [0.25, 0.3) is 0 Å². The molecule has 2 heterocycles. The summed E-state index contributed by atoms with van der Waals surface area (Å²) in [5.41, 5.74) is 2.39. The summed E-state index contributed by atoms with van der Waals surface area (Å²) in [6.45, 7) is 6.90. The second kappa shape index (κ2) is 10.0. The first kappa shape index (κ1) is 20.8. The van der Waals surface area contributed by atoms with Crippen molar-refractivity contribution in [1.82, 2.24) is 15.1 Å². The zero-order chi connectivity index (χ0) is 20.8. The largest absolute Gasteiger partial charge is 0.369 e. The number of carbonyl (C=O) groups excluding carboxylic acids is 1. The van der Waals surface area contributed by atoms with E-state index in [9.17, 15) is 9.18 Å². The summed E-state index contributed by atoms with van der Waals surface area (Å²) in [6.07, 6.45) is 2.02. The van der Waals surface area contributed by atoms with Crippen molar-refractivity contribution < 1.29 is 9.18 Å². The molecule has 0 spiro atoms. The molecular formula is C24H31FN4O. The van der Waals surface area contributed by atoms with Gasteiger partial charge in [-0.1, -0.05) is 30.3 Å². The SMILES string of the molecule is O=C(CN1CCN(c2ccc(F)cc2)CC1)NC1CCN(Cc2ccccc2)CC1. The molecule has 0 atom stereocenters. The molecule has 0 unspecified atom stereocenters. The fourth-order valence-electron chi connectivity index (χ4n) is 4.37. The fraction of sp³-hybridized carbons (Fsp3) is 0.458. The van der Waals surface area contributed by atoms with Crippen LogP contribution in [0.2, 0.25) is 0 Å². The van der Waals surface area contributed by atoms with Gasteiger partial charge in [0.05, 0.1) is 6.54 Å². The van der Waals surface area contributed by atoms with Gasteiger partial charge in [0.25, 0.3) is 0 Å². The number of hydrogen-bond donors (Lipinski definition) is 1. The van der Waals surface area contributed by atoms with Crippen LogP contribution >= 0.6 is 0 Å². The second-order valence-corrected chi connectivity index (χ2v) is 8.34. The number of benzene rings is 2. The summed E-state index contributed by atoms with van der Waals surface area (Å²) in [5.74, 6) is -0.0771. The molecule has 0 saturated carbocycles. The molecule has 5 nitrogen and oxygen atoms in total. The molecular weight excluding hydrogens is 379 g/mol. The Balaban J connectivity index is 1.15. The number of carbonyl (C=O) groups is 1. The van der Waals surface area contributed by atoms with Crippen LogP contribution in [0.4, 0.5) is 10.1 Å². The van der Waals surface area contributed by atoms with Crippen LogP contribution < -0.4 is 10.2 Å². The molecule has 0 aromatic heterocycles. The summed E-state index contributed by atoms with van der Waals surface area (Å²) in [7, 11) is 0. The summed E-state index contributed by atoms with van der Waals surface area (Å²) in [6, 6.07) is 17.5. The monoisotopic (exact) mass is 410 g/mol. The Morgan fingerprint density at radius 3 is 2.20 bits per heavy atom. The standard InChI is InChI=1S/C24H31FN4O/c25-21-6-8-23(9-7-21)29-16-14-28(15-17-29)19-24(30)26-22-10-12-27(13-11-22)18-20-4-2-1-3-5-20/h1-9,22H,10-19H2,(H,26,30). The van der Waals surface area contributed by atoms with E-state index in [1.165, 1.54) is 17.7 Å². The molecule has 30 heavy (non-hydrogen) atoms. The maximum atomic E-state index is 13.1. The van der Waals surface area contributed by atoms with Crippen LogP contribution in [0, 0.1) is 5.82 Å². The van der Waals surface area contributed by atoms with E-state index in [-0.39, 0.29) is 17.8 Å². The predicted octanol–water partition coefficient (Wildman–Crippen LogP) is 2.73. The van der Waals surface area contributed by atoms with Crippen LogP contribution in [0.15, 0.2) is 54.6 Å². The van der Waals surface area contributed by atoms with Gasteiger partial charge in [-0.2, -0.15) is 0 Å². The van der Waals surface area contributed by atoms with Gasteiger partial charge in [-0.3, -0.25) is 14.6 Å². The lowest BCUT2D eigenvalue weighted by atomic mass is 10.0. The van der Waals surface area contributed by atoms with Crippen molar-refractivity contribution in [2.45, 2.75) is 25.4 Å². The number of piperidine rings is 1. The lowest BCUT2D eigenvalue weighted by Gasteiger charge is -2.36. The Hall–Kier alpha value is -2.44. The Morgan fingerprint density at radius 1 is 0.867 bits per heavy atom. The van der Waals surface area contributed by atoms with Crippen molar-refractivity contribution in [3.8, 4) is 0 Å². The van der Waals surface area contributed by atoms with E-state index in [4.69, 9.17) is 0 Å². The van der Waals surface area contributed by atoms with E-state index in [0.29, 0.717) is 6.54 Å². The average Bonchev–Trinajstić information content (AvgIpc) is 2.77. The van der Waals surface area contributed by atoms with Crippen LogP contribution in [-0.4, -0.2) is 67.6 Å². The number of halogens is 1. The molecule has 2 saturated heterocycles. The van der Waals surface area contributed by atoms with Gasteiger partial charge in [0.2, 0.25) is 5.91 Å². The first-order valence-electron chi connectivity index (χ1n) is 10.9. The van der Waals surface area contributed by atoms with Crippen LogP contribution in [0.5, 0.6) is 0 Å². The normalized spacial score (nSPS) is 19.0. The van der Waals surface area contributed by atoms with E-state index in [1.807, 2.05) is 18.2 Å². The summed E-state index contributed by atoms with van der Waals surface area (Å²) in [4.78, 5) is 19.4. The van der Waals surface area contributed by atoms with Gasteiger partial charge in [0.1, 0.15) is 5.82 Å². The maximum Gasteiger partial charge on any atom is 0.234 e. The number of nitrogens with zero attached hydrogens (tertiary/aromatic N) is 3. The predicted molar refractivity (Wildman–Crippen MR) is 118 cm³/mol. The smallest absolute Gasteiger partial charge is 0.234 e. The van der Waals surface area contributed by atoms with Gasteiger partial charge in [-0.05, 0) is 42.7 Å². The number of amides is 1. The van der Waals surface area contributed by atoms with Crippen molar-refractivity contribution in [1.29, 1.82) is 0 Å². The molecule has 2 aliphatic rings. The highest BCUT2D eigenvalue weighted by Gasteiger charge is 2.23. The molecule has 160 valence electrons. The Kier molecular flexibility index (Phi) is 6.97.